The first-order valence-electron chi connectivity index (χ1n) is 18.2. The zero-order chi connectivity index (χ0) is 39.5. The van der Waals surface area contributed by atoms with Crippen LogP contribution in [0.1, 0.15) is 59.0 Å². The number of nitrogens with zero attached hydrogens (tertiary/aromatic N) is 4. The highest BCUT2D eigenvalue weighted by atomic mass is 31.2. The summed E-state index contributed by atoms with van der Waals surface area (Å²) in [6, 6.07) is 14.7. The molecule has 0 saturated carbocycles. The maximum absolute atomic E-state index is 13.6. The number of nitrogens with one attached hydrogen (secondary N) is 2. The summed E-state index contributed by atoms with van der Waals surface area (Å²) >= 11 is 0. The van der Waals surface area contributed by atoms with Crippen LogP contribution in [0.25, 0.3) is 11.2 Å². The number of hydrogen-bond donors (Lipinski definition) is 6. The van der Waals surface area contributed by atoms with E-state index in [0.29, 0.717) is 70.1 Å². The number of phosphoric ester groups is 1. The standard InChI is InChI=1S/C37H36N7O12P/c38-32-29-33(42-17-41-32)44(18-43-29)34-31-30(27(53-34)16-51-57(49,50)56-31)54-36(48)40-13-4-2-1-3-12-39-24-7-5-6-23-28(24)35(47)55-37(23)21-10-8-19(45)14-25(21)52-26-15-20(46)9-11-22(26)37/h5-11,14-15,17-18,27,30-31,34,39,45-46H,1-4,12-13,16H2,(H,40,48)(H,49,50)(H2,38,41,42)/t27-,30-,31-,34-/m1/s1. The molecule has 296 valence electrons. The Balaban J connectivity index is 0.790. The van der Waals surface area contributed by atoms with E-state index in [2.05, 4.69) is 25.6 Å². The Morgan fingerprint density at radius 2 is 1.72 bits per heavy atom. The Hall–Kier alpha value is -5.98. The maximum atomic E-state index is 13.6. The van der Waals surface area contributed by atoms with Crippen LogP contribution in [0.15, 0.2) is 67.3 Å². The van der Waals surface area contributed by atoms with E-state index >= 15 is 0 Å². The monoisotopic (exact) mass is 801 g/mol. The van der Waals surface area contributed by atoms with E-state index in [-0.39, 0.29) is 23.9 Å². The lowest BCUT2D eigenvalue weighted by Gasteiger charge is -2.36. The number of benzene rings is 3. The van der Waals surface area contributed by atoms with Crippen molar-refractivity contribution in [3.05, 3.63) is 89.5 Å². The summed E-state index contributed by atoms with van der Waals surface area (Å²) in [5.41, 5.74) is 7.85. The van der Waals surface area contributed by atoms with Gasteiger partial charge < -0.3 is 50.4 Å². The van der Waals surface area contributed by atoms with E-state index in [1.54, 1.807) is 12.1 Å². The van der Waals surface area contributed by atoms with Crippen molar-refractivity contribution in [2.75, 3.05) is 30.7 Å². The molecule has 19 nitrogen and oxygen atoms in total. The number of carbonyl (C=O) groups excluding carboxylic acids is 2. The van der Waals surface area contributed by atoms with E-state index in [4.69, 9.17) is 33.7 Å². The minimum absolute atomic E-state index is 0.0233. The minimum atomic E-state index is -4.49. The molecule has 2 fully saturated rings. The van der Waals surface area contributed by atoms with Crippen LogP contribution in [0.5, 0.6) is 23.0 Å². The second kappa shape index (κ2) is 14.2. The molecule has 3 aromatic carbocycles. The smallest absolute Gasteiger partial charge is 0.472 e. The first kappa shape index (κ1) is 36.6. The molecule has 4 aliphatic heterocycles. The quantitative estimate of drug-likeness (QED) is 0.0642. The number of phosphoric acid groups is 1. The maximum Gasteiger partial charge on any atom is 0.472 e. The molecule has 4 aliphatic rings. The number of phenols is 2. The van der Waals surface area contributed by atoms with Gasteiger partial charge in [0.15, 0.2) is 35.5 Å². The summed E-state index contributed by atoms with van der Waals surface area (Å²) in [4.78, 5) is 49.0. The minimum Gasteiger partial charge on any atom is -0.508 e. The normalized spacial score (nSPS) is 23.8. The van der Waals surface area contributed by atoms with Crippen LogP contribution in [0.2, 0.25) is 0 Å². The zero-order valence-electron chi connectivity index (χ0n) is 29.9. The van der Waals surface area contributed by atoms with E-state index in [0.717, 1.165) is 19.3 Å². The third-order valence-electron chi connectivity index (χ3n) is 10.3. The molecule has 7 N–H and O–H groups in total. The fraction of sp³-hybridized carbons (Fsp3) is 0.324. The number of hydrogen-bond acceptors (Lipinski definition) is 16. The summed E-state index contributed by atoms with van der Waals surface area (Å²) in [5, 5.41) is 26.5. The van der Waals surface area contributed by atoms with Crippen molar-refractivity contribution in [2.45, 2.75) is 55.8 Å². The van der Waals surface area contributed by atoms with Gasteiger partial charge in [-0.2, -0.15) is 0 Å². The number of alkyl carbamates (subject to hydrolysis) is 1. The van der Waals surface area contributed by atoms with Gasteiger partial charge >= 0.3 is 19.9 Å². The van der Waals surface area contributed by atoms with E-state index in [1.165, 1.54) is 41.5 Å². The number of amides is 1. The summed E-state index contributed by atoms with van der Waals surface area (Å²) < 4.78 is 48.4. The van der Waals surface area contributed by atoms with Crippen LogP contribution >= 0.6 is 7.82 Å². The van der Waals surface area contributed by atoms with Crippen LogP contribution < -0.4 is 21.1 Å². The highest BCUT2D eigenvalue weighted by molar-refractivity contribution is 7.47. The average molecular weight is 802 g/mol. The van der Waals surface area contributed by atoms with Crippen molar-refractivity contribution in [3.8, 4) is 23.0 Å². The molecule has 2 saturated heterocycles. The number of nitrogen functional groups attached to an aromatic ring is 1. The molecule has 0 radical (unpaired) electrons. The number of fused-ring (bicyclic) bond motifs is 9. The number of aromatic nitrogens is 4. The average Bonchev–Trinajstić information content (AvgIpc) is 3.81. The molecule has 20 heteroatoms. The number of aromatic hydroxyl groups is 2. The van der Waals surface area contributed by atoms with Crippen molar-refractivity contribution < 1.29 is 57.3 Å². The van der Waals surface area contributed by atoms with Gasteiger partial charge in [-0.15, -0.1) is 0 Å². The van der Waals surface area contributed by atoms with Crippen LogP contribution in [0, 0.1) is 0 Å². The Bertz CT molecular complexity index is 2410. The van der Waals surface area contributed by atoms with E-state index < -0.39 is 50.0 Å². The first-order valence-corrected chi connectivity index (χ1v) is 19.7. The molecule has 1 spiro atoms. The number of ether oxygens (including phenoxy) is 4. The van der Waals surface area contributed by atoms with E-state index in [1.807, 2.05) is 18.2 Å². The molecule has 9 rings (SSSR count). The van der Waals surface area contributed by atoms with Gasteiger partial charge in [-0.05, 0) is 43.2 Å². The van der Waals surface area contributed by atoms with Crippen molar-refractivity contribution in [3.63, 3.8) is 0 Å². The van der Waals surface area contributed by atoms with Crippen LogP contribution in [-0.4, -0.2) is 84.7 Å². The molecule has 1 amide bonds. The molecule has 1 unspecified atom stereocenters. The number of unbranched alkanes of at least 4 members (excludes halogenated alkanes) is 3. The molecule has 5 atom stereocenters. The second-order valence-corrected chi connectivity index (χ2v) is 15.3. The van der Waals surface area contributed by atoms with Crippen molar-refractivity contribution >= 4 is 42.6 Å². The number of nitrogens with two attached hydrogens (primary N) is 1. The lowest BCUT2D eigenvalue weighted by molar-refractivity contribution is -0.0677. The zero-order valence-corrected chi connectivity index (χ0v) is 30.8. The van der Waals surface area contributed by atoms with Gasteiger partial charge in [-0.25, -0.2) is 29.1 Å². The van der Waals surface area contributed by atoms with Crippen LogP contribution in [0.3, 0.4) is 0 Å². The molecule has 5 aromatic rings. The van der Waals surface area contributed by atoms with Gasteiger partial charge in [0.2, 0.25) is 0 Å². The van der Waals surface area contributed by atoms with Gasteiger partial charge in [-0.1, -0.05) is 25.0 Å². The molecule has 6 heterocycles. The Labute approximate surface area is 323 Å². The largest absolute Gasteiger partial charge is 0.508 e. The SMILES string of the molecule is Nc1ncnc2c1ncn2[C@@H]1O[C@@H]2COP(=O)(O)O[C@@H]1[C@@H]2OC(=O)NCCCCCCNc1cccc2c1C(=O)OC21c2ccc(O)cc2Oc2cc(O)ccc21. The fourth-order valence-corrected chi connectivity index (χ4v) is 8.73. The Morgan fingerprint density at radius 1 is 0.982 bits per heavy atom. The summed E-state index contributed by atoms with van der Waals surface area (Å²) in [6.45, 7) is 0.495. The number of anilines is 2. The Morgan fingerprint density at radius 3 is 2.47 bits per heavy atom. The topological polar surface area (TPSA) is 261 Å². The number of rotatable bonds is 10. The number of esters is 1. The number of phenolic OH excluding ortho intramolecular Hbond substituents is 2. The third-order valence-corrected chi connectivity index (χ3v) is 11.3. The van der Waals surface area contributed by atoms with Crippen molar-refractivity contribution in [1.82, 2.24) is 24.8 Å². The first-order chi connectivity index (χ1) is 27.5. The predicted molar refractivity (Wildman–Crippen MR) is 198 cm³/mol. The van der Waals surface area contributed by atoms with Crippen molar-refractivity contribution in [2.24, 2.45) is 0 Å². The van der Waals surface area contributed by atoms with Crippen LogP contribution in [-0.2, 0) is 33.4 Å². The fourth-order valence-electron chi connectivity index (χ4n) is 7.81. The molecular weight excluding hydrogens is 765 g/mol. The van der Waals surface area contributed by atoms with Gasteiger partial charge in [-0.3, -0.25) is 13.6 Å². The molecular formula is C37H36N7O12P. The summed E-state index contributed by atoms with van der Waals surface area (Å²) in [5.74, 6) is 0.173. The van der Waals surface area contributed by atoms with Crippen molar-refractivity contribution in [1.29, 1.82) is 0 Å². The third kappa shape index (κ3) is 6.42. The second-order valence-electron chi connectivity index (χ2n) is 13.9. The predicted octanol–water partition coefficient (Wildman–Crippen LogP) is 4.57. The number of imidazole rings is 1. The molecule has 0 aliphatic carbocycles. The Kier molecular flexibility index (Phi) is 9.13. The van der Waals surface area contributed by atoms with E-state index in [9.17, 15) is 29.3 Å². The molecule has 57 heavy (non-hydrogen) atoms. The molecule has 2 aromatic heterocycles. The van der Waals surface area contributed by atoms with Crippen LogP contribution in [0.4, 0.5) is 16.3 Å². The van der Waals surface area contributed by atoms with Gasteiger partial charge in [0.25, 0.3) is 0 Å². The molecule has 2 bridgehead atoms. The summed E-state index contributed by atoms with van der Waals surface area (Å²) in [7, 11) is -4.49. The van der Waals surface area contributed by atoms with Gasteiger partial charge in [0.05, 0.1) is 18.5 Å². The highest BCUT2D eigenvalue weighted by Crippen LogP contribution is 2.58. The van der Waals surface area contributed by atoms with Gasteiger partial charge in [0, 0.05) is 47.6 Å². The summed E-state index contributed by atoms with van der Waals surface area (Å²) in [6.07, 6.45) is 0.578. The number of carbonyl (C=O) groups is 2. The highest BCUT2D eigenvalue weighted by Gasteiger charge is 2.56. The lowest BCUT2D eigenvalue weighted by Crippen LogP contribution is -2.40. The lowest BCUT2D eigenvalue weighted by atomic mass is 9.77. The van der Waals surface area contributed by atoms with Gasteiger partial charge in [0.1, 0.15) is 40.9 Å².